The summed E-state index contributed by atoms with van der Waals surface area (Å²) in [5.74, 6) is -0.0643. The maximum Gasteiger partial charge on any atom is 0.228 e. The summed E-state index contributed by atoms with van der Waals surface area (Å²) in [5.41, 5.74) is 5.74. The number of hydrogen-bond donors (Lipinski definition) is 3. The molecule has 0 bridgehead atoms. The molecule has 4 heteroatoms. The summed E-state index contributed by atoms with van der Waals surface area (Å²) in [6.07, 6.45) is 2.21. The van der Waals surface area contributed by atoms with E-state index in [0.29, 0.717) is 6.42 Å². The van der Waals surface area contributed by atoms with Gasteiger partial charge in [-0.2, -0.15) is 0 Å². The molecule has 1 aromatic heterocycles. The van der Waals surface area contributed by atoms with Gasteiger partial charge in [-0.05, 0) is 42.2 Å². The number of carbonyl (C=O) groups excluding carboxylic acids is 1. The lowest BCUT2D eigenvalue weighted by atomic mass is 10.1. The van der Waals surface area contributed by atoms with Crippen molar-refractivity contribution in [3.8, 4) is 0 Å². The Morgan fingerprint density at radius 1 is 1.17 bits per heavy atom. The largest absolute Gasteiger partial charge is 0.392 e. The van der Waals surface area contributed by atoms with E-state index < -0.39 is 0 Å². The molecule has 0 fully saturated rings. The summed E-state index contributed by atoms with van der Waals surface area (Å²) in [5, 5.41) is 13.2. The molecule has 0 aliphatic heterocycles. The van der Waals surface area contributed by atoms with Crippen LogP contribution >= 0.6 is 0 Å². The lowest BCUT2D eigenvalue weighted by Gasteiger charge is -2.10. The second-order valence-corrected chi connectivity index (χ2v) is 5.84. The van der Waals surface area contributed by atoms with E-state index in [0.717, 1.165) is 33.3 Å². The summed E-state index contributed by atoms with van der Waals surface area (Å²) in [6.45, 7) is 3.95. The minimum absolute atomic E-state index is 0.0368. The fraction of sp³-hybridized carbons (Fsp3) is 0.211. The highest BCUT2D eigenvalue weighted by molar-refractivity contribution is 5.96. The number of rotatable bonds is 4. The van der Waals surface area contributed by atoms with Crippen LogP contribution in [0.2, 0.25) is 0 Å². The molecule has 3 N–H and O–H groups in total. The van der Waals surface area contributed by atoms with Crippen LogP contribution in [0.5, 0.6) is 0 Å². The Bertz CT molecular complexity index is 865. The van der Waals surface area contributed by atoms with Gasteiger partial charge in [0.1, 0.15) is 0 Å². The molecule has 3 rings (SSSR count). The maximum atomic E-state index is 12.4. The molecule has 0 saturated heterocycles. The standard InChI is InChI=1S/C19H20N2O2/c1-12-6-7-14(11-22)8-17(12)21-18(23)9-15-10-20-19-13(2)4-3-5-16(15)19/h3-8,10,20,22H,9,11H2,1-2H3,(H,21,23). The van der Waals surface area contributed by atoms with Crippen molar-refractivity contribution in [1.82, 2.24) is 4.98 Å². The lowest BCUT2D eigenvalue weighted by Crippen LogP contribution is -2.15. The van der Waals surface area contributed by atoms with Gasteiger partial charge in [0.25, 0.3) is 0 Å². The van der Waals surface area contributed by atoms with Gasteiger partial charge in [-0.25, -0.2) is 0 Å². The number of benzene rings is 2. The number of carbonyl (C=O) groups is 1. The highest BCUT2D eigenvalue weighted by Crippen LogP contribution is 2.22. The van der Waals surface area contributed by atoms with Crippen LogP contribution in [0, 0.1) is 13.8 Å². The van der Waals surface area contributed by atoms with E-state index in [1.807, 2.05) is 56.4 Å². The zero-order valence-electron chi connectivity index (χ0n) is 13.3. The first-order valence-electron chi connectivity index (χ1n) is 7.64. The van der Waals surface area contributed by atoms with Crippen molar-refractivity contribution in [2.45, 2.75) is 26.9 Å². The van der Waals surface area contributed by atoms with Crippen LogP contribution in [-0.4, -0.2) is 16.0 Å². The molecule has 1 heterocycles. The van der Waals surface area contributed by atoms with Crippen LogP contribution in [-0.2, 0) is 17.8 Å². The van der Waals surface area contributed by atoms with Crippen molar-refractivity contribution in [1.29, 1.82) is 0 Å². The van der Waals surface area contributed by atoms with E-state index in [2.05, 4.69) is 10.3 Å². The molecule has 1 amide bonds. The average Bonchev–Trinajstić information content (AvgIpc) is 2.94. The predicted molar refractivity (Wildman–Crippen MR) is 92.5 cm³/mol. The molecule has 0 spiro atoms. The van der Waals surface area contributed by atoms with Crippen LogP contribution in [0.15, 0.2) is 42.6 Å². The Hall–Kier alpha value is -2.59. The smallest absolute Gasteiger partial charge is 0.228 e. The second kappa shape index (κ2) is 6.26. The van der Waals surface area contributed by atoms with E-state index in [4.69, 9.17) is 0 Å². The number of nitrogens with one attached hydrogen (secondary N) is 2. The fourth-order valence-electron chi connectivity index (χ4n) is 2.78. The average molecular weight is 308 g/mol. The molecule has 0 aliphatic carbocycles. The highest BCUT2D eigenvalue weighted by atomic mass is 16.3. The van der Waals surface area contributed by atoms with Crippen LogP contribution < -0.4 is 5.32 Å². The summed E-state index contributed by atoms with van der Waals surface area (Å²) >= 11 is 0. The number of aliphatic hydroxyl groups excluding tert-OH is 1. The van der Waals surface area contributed by atoms with E-state index in [1.54, 1.807) is 0 Å². The monoisotopic (exact) mass is 308 g/mol. The summed E-state index contributed by atoms with van der Waals surface area (Å²) in [4.78, 5) is 15.6. The van der Waals surface area contributed by atoms with Gasteiger partial charge < -0.3 is 15.4 Å². The SMILES string of the molecule is Cc1ccc(CO)cc1NC(=O)Cc1c[nH]c2c(C)cccc12. The molecule has 0 atom stereocenters. The molecule has 2 aromatic carbocycles. The van der Waals surface area contributed by atoms with Crippen LogP contribution in [0.3, 0.4) is 0 Å². The van der Waals surface area contributed by atoms with Gasteiger partial charge in [0.15, 0.2) is 0 Å². The Kier molecular flexibility index (Phi) is 4.17. The molecule has 118 valence electrons. The van der Waals surface area contributed by atoms with Gasteiger partial charge in [0.2, 0.25) is 5.91 Å². The van der Waals surface area contributed by atoms with E-state index >= 15 is 0 Å². The predicted octanol–water partition coefficient (Wildman–Crippen LogP) is 3.46. The first-order chi connectivity index (χ1) is 11.1. The molecule has 0 saturated carbocycles. The molecule has 23 heavy (non-hydrogen) atoms. The van der Waals surface area contributed by atoms with Gasteiger partial charge >= 0.3 is 0 Å². The minimum Gasteiger partial charge on any atom is -0.392 e. The number of aryl methyl sites for hydroxylation is 2. The number of hydrogen-bond acceptors (Lipinski definition) is 2. The summed E-state index contributed by atoms with van der Waals surface area (Å²) in [6, 6.07) is 11.6. The lowest BCUT2D eigenvalue weighted by molar-refractivity contribution is -0.115. The van der Waals surface area contributed by atoms with E-state index in [-0.39, 0.29) is 12.5 Å². The number of anilines is 1. The number of aliphatic hydroxyl groups is 1. The minimum atomic E-state index is -0.0643. The van der Waals surface area contributed by atoms with Crippen molar-refractivity contribution in [3.63, 3.8) is 0 Å². The van der Waals surface area contributed by atoms with Crippen LogP contribution in [0.4, 0.5) is 5.69 Å². The molecule has 0 radical (unpaired) electrons. The number of aromatic nitrogens is 1. The third kappa shape index (κ3) is 3.12. The van der Waals surface area contributed by atoms with Crippen LogP contribution in [0.25, 0.3) is 10.9 Å². The van der Waals surface area contributed by atoms with Gasteiger partial charge in [0, 0.05) is 22.8 Å². The number of para-hydroxylation sites is 1. The maximum absolute atomic E-state index is 12.4. The van der Waals surface area contributed by atoms with Crippen LogP contribution in [0.1, 0.15) is 22.3 Å². The van der Waals surface area contributed by atoms with Gasteiger partial charge in [-0.3, -0.25) is 4.79 Å². The van der Waals surface area contributed by atoms with E-state index in [9.17, 15) is 9.90 Å². The topological polar surface area (TPSA) is 65.1 Å². The zero-order valence-corrected chi connectivity index (χ0v) is 13.3. The Morgan fingerprint density at radius 2 is 2.00 bits per heavy atom. The molecule has 3 aromatic rings. The molecule has 4 nitrogen and oxygen atoms in total. The van der Waals surface area contributed by atoms with Crippen molar-refractivity contribution in [2.75, 3.05) is 5.32 Å². The summed E-state index contributed by atoms with van der Waals surface area (Å²) in [7, 11) is 0. The zero-order chi connectivity index (χ0) is 16.4. The van der Waals surface area contributed by atoms with Crippen molar-refractivity contribution in [2.24, 2.45) is 0 Å². The summed E-state index contributed by atoms with van der Waals surface area (Å²) < 4.78 is 0. The van der Waals surface area contributed by atoms with Crippen molar-refractivity contribution < 1.29 is 9.90 Å². The van der Waals surface area contributed by atoms with Gasteiger partial charge in [-0.1, -0.05) is 30.3 Å². The number of aromatic amines is 1. The first-order valence-corrected chi connectivity index (χ1v) is 7.64. The van der Waals surface area contributed by atoms with Crippen molar-refractivity contribution >= 4 is 22.5 Å². The normalized spacial score (nSPS) is 10.9. The Labute approximate surface area is 135 Å². The molecule has 0 aliphatic rings. The highest BCUT2D eigenvalue weighted by Gasteiger charge is 2.11. The number of fused-ring (bicyclic) bond motifs is 1. The molecular formula is C19H20N2O2. The third-order valence-electron chi connectivity index (χ3n) is 4.12. The number of H-pyrrole nitrogens is 1. The molecule has 0 unspecified atom stereocenters. The quantitative estimate of drug-likeness (QED) is 0.691. The molecular weight excluding hydrogens is 288 g/mol. The first kappa shape index (κ1) is 15.3. The second-order valence-electron chi connectivity index (χ2n) is 5.84. The van der Waals surface area contributed by atoms with Gasteiger partial charge in [-0.15, -0.1) is 0 Å². The number of amides is 1. The van der Waals surface area contributed by atoms with Crippen molar-refractivity contribution in [3.05, 3.63) is 64.8 Å². The fourth-order valence-corrected chi connectivity index (χ4v) is 2.78. The Balaban J connectivity index is 1.80. The Morgan fingerprint density at radius 3 is 2.78 bits per heavy atom. The van der Waals surface area contributed by atoms with Gasteiger partial charge in [0.05, 0.1) is 13.0 Å². The van der Waals surface area contributed by atoms with E-state index in [1.165, 1.54) is 5.56 Å². The third-order valence-corrected chi connectivity index (χ3v) is 4.12.